The van der Waals surface area contributed by atoms with Gasteiger partial charge in [-0.3, -0.25) is 4.79 Å². The van der Waals surface area contributed by atoms with Gasteiger partial charge in [0.1, 0.15) is 11.1 Å². The molecule has 1 aromatic rings. The number of carbonyl (C=O) groups excluding carboxylic acids is 1. The van der Waals surface area contributed by atoms with Crippen molar-refractivity contribution in [3.05, 3.63) is 23.8 Å². The molecule has 0 aliphatic carbocycles. The van der Waals surface area contributed by atoms with Gasteiger partial charge in [0.15, 0.2) is 18.1 Å². The molecule has 1 N–H and O–H groups in total. The Balaban J connectivity index is 1.71. The molecular formula is C18H23NO5. The highest BCUT2D eigenvalue weighted by Crippen LogP contribution is 2.41. The highest BCUT2D eigenvalue weighted by atomic mass is 16.5. The number of hydrogen-bond donors (Lipinski definition) is 1. The maximum atomic E-state index is 12.5. The molecule has 1 aromatic carbocycles. The first-order valence-electron chi connectivity index (χ1n) is 8.20. The number of rotatable bonds is 4. The summed E-state index contributed by atoms with van der Waals surface area (Å²) in [5.41, 5.74) is -0.373. The molecule has 0 radical (unpaired) electrons. The largest absolute Gasteiger partial charge is 0.483 e. The molecule has 2 aliphatic rings. The summed E-state index contributed by atoms with van der Waals surface area (Å²) in [6, 6.07) is 5.63. The lowest BCUT2D eigenvalue weighted by molar-refractivity contribution is -0.156. The number of para-hydroxylation sites is 1. The molecule has 1 unspecified atom stereocenters. The van der Waals surface area contributed by atoms with Gasteiger partial charge in [-0.2, -0.15) is 0 Å². The second-order valence-corrected chi connectivity index (χ2v) is 7.30. The number of carboxylic acid groups (broad SMARTS) is 1. The van der Waals surface area contributed by atoms with Crippen molar-refractivity contribution in [1.29, 1.82) is 0 Å². The van der Waals surface area contributed by atoms with Gasteiger partial charge in [-0.1, -0.05) is 12.1 Å². The van der Waals surface area contributed by atoms with Crippen LogP contribution in [0.5, 0.6) is 11.5 Å². The standard InChI is InChI=1S/C18H23NO5/c1-17(2)10-12-6-4-7-13(15(12)24-17)23-11-14(20)19-9-5-8-18(19,3)16(21)22/h4,6-7H,5,8-11H2,1-3H3,(H,21,22). The second-order valence-electron chi connectivity index (χ2n) is 7.30. The SMILES string of the molecule is CC1(C)Cc2cccc(OCC(=O)N3CCCC3(C)C(=O)O)c2O1. The van der Waals surface area contributed by atoms with Crippen LogP contribution >= 0.6 is 0 Å². The highest BCUT2D eigenvalue weighted by Gasteiger charge is 2.46. The zero-order valence-electron chi connectivity index (χ0n) is 14.3. The number of carbonyl (C=O) groups is 2. The van der Waals surface area contributed by atoms with Crippen LogP contribution in [-0.2, 0) is 16.0 Å². The molecule has 130 valence electrons. The van der Waals surface area contributed by atoms with Gasteiger partial charge in [0.05, 0.1) is 0 Å². The van der Waals surface area contributed by atoms with Crippen LogP contribution in [0.4, 0.5) is 0 Å². The van der Waals surface area contributed by atoms with Gasteiger partial charge < -0.3 is 19.5 Å². The van der Waals surface area contributed by atoms with E-state index in [1.54, 1.807) is 13.0 Å². The fourth-order valence-electron chi connectivity index (χ4n) is 3.50. The smallest absolute Gasteiger partial charge is 0.329 e. The van der Waals surface area contributed by atoms with Crippen molar-refractivity contribution in [1.82, 2.24) is 4.90 Å². The Bertz CT molecular complexity index is 684. The van der Waals surface area contributed by atoms with E-state index in [-0.39, 0.29) is 18.1 Å². The quantitative estimate of drug-likeness (QED) is 0.914. The van der Waals surface area contributed by atoms with Gasteiger partial charge in [0, 0.05) is 18.5 Å². The van der Waals surface area contributed by atoms with Crippen LogP contribution in [0, 0.1) is 0 Å². The lowest BCUT2D eigenvalue weighted by atomic mass is 9.99. The number of ether oxygens (including phenoxy) is 2. The van der Waals surface area contributed by atoms with E-state index in [1.165, 1.54) is 4.90 Å². The summed E-state index contributed by atoms with van der Waals surface area (Å²) in [7, 11) is 0. The van der Waals surface area contributed by atoms with Crippen molar-refractivity contribution in [2.75, 3.05) is 13.2 Å². The second kappa shape index (κ2) is 5.69. The Hall–Kier alpha value is -2.24. The summed E-state index contributed by atoms with van der Waals surface area (Å²) in [4.78, 5) is 25.4. The molecule has 0 aromatic heterocycles. The van der Waals surface area contributed by atoms with Gasteiger partial charge >= 0.3 is 5.97 Å². The molecule has 0 bridgehead atoms. The van der Waals surface area contributed by atoms with E-state index in [4.69, 9.17) is 9.47 Å². The Morgan fingerprint density at radius 3 is 2.79 bits per heavy atom. The van der Waals surface area contributed by atoms with Crippen molar-refractivity contribution < 1.29 is 24.2 Å². The maximum absolute atomic E-state index is 12.5. The molecule has 3 rings (SSSR count). The van der Waals surface area contributed by atoms with E-state index in [9.17, 15) is 14.7 Å². The van der Waals surface area contributed by atoms with E-state index >= 15 is 0 Å². The fourth-order valence-corrected chi connectivity index (χ4v) is 3.50. The zero-order valence-corrected chi connectivity index (χ0v) is 14.3. The van der Waals surface area contributed by atoms with Gasteiger partial charge in [-0.25, -0.2) is 4.79 Å². The third-order valence-electron chi connectivity index (χ3n) is 4.81. The summed E-state index contributed by atoms with van der Waals surface area (Å²) in [5, 5.41) is 9.41. The fraction of sp³-hybridized carbons (Fsp3) is 0.556. The monoisotopic (exact) mass is 333 g/mol. The number of nitrogens with zero attached hydrogens (tertiary/aromatic N) is 1. The molecule has 6 nitrogen and oxygen atoms in total. The molecule has 6 heteroatoms. The number of aliphatic carboxylic acids is 1. The number of carboxylic acids is 1. The molecule has 1 atom stereocenters. The molecule has 0 saturated carbocycles. The first-order chi connectivity index (χ1) is 11.2. The maximum Gasteiger partial charge on any atom is 0.329 e. The van der Waals surface area contributed by atoms with Crippen molar-refractivity contribution >= 4 is 11.9 Å². The first kappa shape index (κ1) is 16.6. The van der Waals surface area contributed by atoms with E-state index in [1.807, 2.05) is 26.0 Å². The van der Waals surface area contributed by atoms with Crippen LogP contribution in [0.15, 0.2) is 18.2 Å². The van der Waals surface area contributed by atoms with Gasteiger partial charge in [-0.15, -0.1) is 0 Å². The summed E-state index contributed by atoms with van der Waals surface area (Å²) in [6.45, 7) is 5.85. The predicted octanol–water partition coefficient (Wildman–Crippen LogP) is 2.24. The van der Waals surface area contributed by atoms with Crippen LogP contribution in [-0.4, -0.2) is 46.2 Å². The minimum Gasteiger partial charge on any atom is -0.483 e. The highest BCUT2D eigenvalue weighted by molar-refractivity contribution is 5.88. The predicted molar refractivity (Wildman–Crippen MR) is 87.3 cm³/mol. The zero-order chi connectivity index (χ0) is 17.5. The minimum atomic E-state index is -1.14. The van der Waals surface area contributed by atoms with Crippen molar-refractivity contribution in [3.63, 3.8) is 0 Å². The summed E-state index contributed by atoms with van der Waals surface area (Å²) in [5.74, 6) is -0.0772. The molecule has 1 saturated heterocycles. The lowest BCUT2D eigenvalue weighted by Crippen LogP contribution is -2.52. The van der Waals surface area contributed by atoms with Crippen molar-refractivity contribution in [2.24, 2.45) is 0 Å². The molecule has 1 amide bonds. The Morgan fingerprint density at radius 1 is 1.33 bits per heavy atom. The topological polar surface area (TPSA) is 76.1 Å². The average molecular weight is 333 g/mol. The van der Waals surface area contributed by atoms with Crippen molar-refractivity contribution in [2.45, 2.75) is 51.2 Å². The number of amides is 1. The summed E-state index contributed by atoms with van der Waals surface area (Å²) >= 11 is 0. The van der Waals surface area contributed by atoms with Crippen LogP contribution in [0.2, 0.25) is 0 Å². The molecule has 1 fully saturated rings. The van der Waals surface area contributed by atoms with E-state index in [0.717, 1.165) is 12.0 Å². The first-order valence-corrected chi connectivity index (χ1v) is 8.20. The number of fused-ring (bicyclic) bond motifs is 1. The van der Waals surface area contributed by atoms with Crippen LogP contribution < -0.4 is 9.47 Å². The Labute approximate surface area is 141 Å². The van der Waals surface area contributed by atoms with Gasteiger partial charge in [0.25, 0.3) is 5.91 Å². The minimum absolute atomic E-state index is 0.191. The average Bonchev–Trinajstić information content (AvgIpc) is 3.04. The van der Waals surface area contributed by atoms with Gasteiger partial charge in [0.2, 0.25) is 0 Å². The van der Waals surface area contributed by atoms with Crippen LogP contribution in [0.1, 0.15) is 39.2 Å². The normalized spacial score (nSPS) is 24.4. The summed E-state index contributed by atoms with van der Waals surface area (Å²) in [6.07, 6.45) is 1.94. The molecule has 2 heterocycles. The Kier molecular flexibility index (Phi) is 3.94. The van der Waals surface area contributed by atoms with E-state index in [0.29, 0.717) is 30.9 Å². The molecule has 24 heavy (non-hydrogen) atoms. The van der Waals surface area contributed by atoms with E-state index < -0.39 is 11.5 Å². The third-order valence-corrected chi connectivity index (χ3v) is 4.81. The number of hydrogen-bond acceptors (Lipinski definition) is 4. The van der Waals surface area contributed by atoms with Crippen LogP contribution in [0.3, 0.4) is 0 Å². The van der Waals surface area contributed by atoms with Crippen LogP contribution in [0.25, 0.3) is 0 Å². The lowest BCUT2D eigenvalue weighted by Gasteiger charge is -2.31. The molecule has 2 aliphatic heterocycles. The number of benzene rings is 1. The number of likely N-dealkylation sites (tertiary alicyclic amines) is 1. The van der Waals surface area contributed by atoms with Crippen molar-refractivity contribution in [3.8, 4) is 11.5 Å². The van der Waals surface area contributed by atoms with Gasteiger partial charge in [-0.05, 0) is 39.7 Å². The van der Waals surface area contributed by atoms with E-state index in [2.05, 4.69) is 0 Å². The molecular weight excluding hydrogens is 310 g/mol. The third kappa shape index (κ3) is 2.81. The molecule has 0 spiro atoms. The Morgan fingerprint density at radius 2 is 2.08 bits per heavy atom. The summed E-state index contributed by atoms with van der Waals surface area (Å²) < 4.78 is 11.6.